The van der Waals surface area contributed by atoms with E-state index in [9.17, 15) is 9.90 Å². The lowest BCUT2D eigenvalue weighted by atomic mass is 10.0. The van der Waals surface area contributed by atoms with E-state index in [1.54, 1.807) is 0 Å². The summed E-state index contributed by atoms with van der Waals surface area (Å²) in [6.07, 6.45) is 0.432. The molecule has 0 saturated carbocycles. The molecule has 0 aliphatic rings. The van der Waals surface area contributed by atoms with Crippen LogP contribution in [0.3, 0.4) is 0 Å². The maximum atomic E-state index is 11.3. The van der Waals surface area contributed by atoms with E-state index in [2.05, 4.69) is 5.32 Å². The van der Waals surface area contributed by atoms with Gasteiger partial charge in [0, 0.05) is 13.0 Å². The summed E-state index contributed by atoms with van der Waals surface area (Å²) in [6.45, 7) is 2.69. The van der Waals surface area contributed by atoms with Gasteiger partial charge in [-0.3, -0.25) is 4.79 Å². The first-order valence-corrected chi connectivity index (χ1v) is 5.85. The normalized spacial score (nSPS) is 11.5. The van der Waals surface area contributed by atoms with Crippen molar-refractivity contribution in [3.63, 3.8) is 0 Å². The smallest absolute Gasteiger partial charge is 0.220 e. The molecule has 5 heteroatoms. The van der Waals surface area contributed by atoms with Gasteiger partial charge in [0.15, 0.2) is 0 Å². The average molecular weight is 273 g/mol. The summed E-state index contributed by atoms with van der Waals surface area (Å²) in [5.41, 5.74) is 7.19. The number of hydrogen-bond acceptors (Lipinski definition) is 3. The number of rotatable bonds is 6. The van der Waals surface area contributed by atoms with Crippen molar-refractivity contribution in [3.8, 4) is 0 Å². The highest BCUT2D eigenvalue weighted by atomic mass is 35.5. The quantitative estimate of drug-likeness (QED) is 0.731. The summed E-state index contributed by atoms with van der Waals surface area (Å²) < 4.78 is 0. The summed E-state index contributed by atoms with van der Waals surface area (Å²) >= 11 is 0. The van der Waals surface area contributed by atoms with Gasteiger partial charge in [-0.1, -0.05) is 24.3 Å². The molecule has 0 aliphatic heterocycles. The zero-order valence-electron chi connectivity index (χ0n) is 10.6. The molecule has 0 heterocycles. The Hall–Kier alpha value is -1.10. The highest BCUT2D eigenvalue weighted by molar-refractivity contribution is 5.85. The molecule has 0 saturated heterocycles. The SMILES string of the molecule is Cc1ccccc1C(O)CNC(=O)CCCN.Cl. The number of nitrogens with two attached hydrogens (primary N) is 1. The second kappa shape index (κ2) is 8.91. The van der Waals surface area contributed by atoms with Crippen LogP contribution in [0.25, 0.3) is 0 Å². The molecule has 0 fully saturated rings. The van der Waals surface area contributed by atoms with Crippen molar-refractivity contribution in [1.82, 2.24) is 5.32 Å². The lowest BCUT2D eigenvalue weighted by molar-refractivity contribution is -0.121. The van der Waals surface area contributed by atoms with Gasteiger partial charge in [0.05, 0.1) is 6.10 Å². The Bertz CT molecular complexity index is 372. The molecule has 102 valence electrons. The van der Waals surface area contributed by atoms with Crippen LogP contribution in [0, 0.1) is 6.92 Å². The molecule has 1 atom stereocenters. The van der Waals surface area contributed by atoms with E-state index in [-0.39, 0.29) is 24.9 Å². The minimum Gasteiger partial charge on any atom is -0.387 e. The van der Waals surface area contributed by atoms with Gasteiger partial charge in [-0.2, -0.15) is 0 Å². The molecule has 1 rings (SSSR count). The Balaban J connectivity index is 0.00000289. The van der Waals surface area contributed by atoms with Crippen molar-refractivity contribution in [2.45, 2.75) is 25.9 Å². The van der Waals surface area contributed by atoms with Gasteiger partial charge in [-0.15, -0.1) is 12.4 Å². The molecule has 0 aliphatic carbocycles. The monoisotopic (exact) mass is 272 g/mol. The lowest BCUT2D eigenvalue weighted by Crippen LogP contribution is -2.28. The van der Waals surface area contributed by atoms with Crippen LogP contribution in [0.5, 0.6) is 0 Å². The molecule has 0 spiro atoms. The van der Waals surface area contributed by atoms with Crippen LogP contribution in [0.2, 0.25) is 0 Å². The Morgan fingerprint density at radius 1 is 1.44 bits per heavy atom. The minimum absolute atomic E-state index is 0. The first-order chi connectivity index (χ1) is 8.15. The minimum atomic E-state index is -0.655. The van der Waals surface area contributed by atoms with Gasteiger partial charge in [0.2, 0.25) is 5.91 Å². The molecule has 4 N–H and O–H groups in total. The van der Waals surface area contributed by atoms with E-state index in [1.807, 2.05) is 31.2 Å². The van der Waals surface area contributed by atoms with Crippen LogP contribution < -0.4 is 11.1 Å². The largest absolute Gasteiger partial charge is 0.387 e. The lowest BCUT2D eigenvalue weighted by Gasteiger charge is -2.14. The molecule has 1 unspecified atom stereocenters. The second-order valence-electron chi connectivity index (χ2n) is 4.07. The highest BCUT2D eigenvalue weighted by Crippen LogP contribution is 2.16. The first kappa shape index (κ1) is 16.9. The second-order valence-corrected chi connectivity index (χ2v) is 4.07. The molecule has 18 heavy (non-hydrogen) atoms. The summed E-state index contributed by atoms with van der Waals surface area (Å²) in [4.78, 5) is 11.3. The number of aryl methyl sites for hydroxylation is 1. The summed E-state index contributed by atoms with van der Waals surface area (Å²) in [5, 5.41) is 12.6. The number of carbonyl (C=O) groups excluding carboxylic acids is 1. The van der Waals surface area contributed by atoms with Gasteiger partial charge in [0.1, 0.15) is 0 Å². The van der Waals surface area contributed by atoms with Gasteiger partial charge in [-0.05, 0) is 31.0 Å². The number of halogens is 1. The van der Waals surface area contributed by atoms with E-state index >= 15 is 0 Å². The van der Waals surface area contributed by atoms with E-state index < -0.39 is 6.10 Å². The van der Waals surface area contributed by atoms with Crippen molar-refractivity contribution in [2.75, 3.05) is 13.1 Å². The average Bonchev–Trinajstić information content (AvgIpc) is 2.34. The number of aliphatic hydroxyl groups is 1. The third kappa shape index (κ3) is 5.49. The van der Waals surface area contributed by atoms with Crippen LogP contribution in [0.15, 0.2) is 24.3 Å². The number of carbonyl (C=O) groups is 1. The van der Waals surface area contributed by atoms with Crippen molar-refractivity contribution in [2.24, 2.45) is 5.73 Å². The standard InChI is InChI=1S/C13H20N2O2.ClH/c1-10-5-2-3-6-11(10)12(16)9-15-13(17)7-4-8-14;/h2-3,5-6,12,16H,4,7-9,14H2,1H3,(H,15,17);1H. The molecule has 1 aromatic rings. The van der Waals surface area contributed by atoms with E-state index in [0.29, 0.717) is 19.4 Å². The fourth-order valence-corrected chi connectivity index (χ4v) is 1.63. The molecule has 1 aromatic carbocycles. The Morgan fingerprint density at radius 3 is 2.72 bits per heavy atom. The Morgan fingerprint density at radius 2 is 2.11 bits per heavy atom. The van der Waals surface area contributed by atoms with Crippen LogP contribution in [0.1, 0.15) is 30.1 Å². The van der Waals surface area contributed by atoms with Crippen molar-refractivity contribution >= 4 is 18.3 Å². The third-order valence-corrected chi connectivity index (χ3v) is 2.65. The number of benzene rings is 1. The van der Waals surface area contributed by atoms with Crippen LogP contribution in [0.4, 0.5) is 0 Å². The highest BCUT2D eigenvalue weighted by Gasteiger charge is 2.10. The Labute approximate surface area is 114 Å². The molecule has 1 amide bonds. The van der Waals surface area contributed by atoms with Crippen LogP contribution >= 0.6 is 12.4 Å². The number of aliphatic hydroxyl groups excluding tert-OH is 1. The van der Waals surface area contributed by atoms with Crippen molar-refractivity contribution in [3.05, 3.63) is 35.4 Å². The maximum absolute atomic E-state index is 11.3. The maximum Gasteiger partial charge on any atom is 0.220 e. The predicted molar refractivity (Wildman–Crippen MR) is 74.7 cm³/mol. The molecule has 0 aromatic heterocycles. The zero-order valence-corrected chi connectivity index (χ0v) is 11.4. The van der Waals surface area contributed by atoms with Gasteiger partial charge in [0.25, 0.3) is 0 Å². The topological polar surface area (TPSA) is 75.3 Å². The summed E-state index contributed by atoms with van der Waals surface area (Å²) in [5.74, 6) is -0.0666. The molecular weight excluding hydrogens is 252 g/mol. The van der Waals surface area contributed by atoms with E-state index in [1.165, 1.54) is 0 Å². The number of amides is 1. The van der Waals surface area contributed by atoms with Gasteiger partial charge in [-0.25, -0.2) is 0 Å². The summed E-state index contributed by atoms with van der Waals surface area (Å²) in [6, 6.07) is 7.61. The van der Waals surface area contributed by atoms with Gasteiger partial charge >= 0.3 is 0 Å². The zero-order chi connectivity index (χ0) is 12.7. The van der Waals surface area contributed by atoms with Crippen molar-refractivity contribution < 1.29 is 9.90 Å². The molecular formula is C13H21ClN2O2. The van der Waals surface area contributed by atoms with E-state index in [4.69, 9.17) is 5.73 Å². The molecule has 0 radical (unpaired) electrons. The molecule has 0 bridgehead atoms. The summed E-state index contributed by atoms with van der Waals surface area (Å²) in [7, 11) is 0. The predicted octanol–water partition coefficient (Wildman–Crippen LogP) is 1.31. The molecule has 4 nitrogen and oxygen atoms in total. The fourth-order valence-electron chi connectivity index (χ4n) is 1.63. The third-order valence-electron chi connectivity index (χ3n) is 2.65. The van der Waals surface area contributed by atoms with Crippen LogP contribution in [-0.4, -0.2) is 24.1 Å². The van der Waals surface area contributed by atoms with E-state index in [0.717, 1.165) is 11.1 Å². The van der Waals surface area contributed by atoms with Crippen molar-refractivity contribution in [1.29, 1.82) is 0 Å². The fraction of sp³-hybridized carbons (Fsp3) is 0.462. The first-order valence-electron chi connectivity index (χ1n) is 5.85. The number of nitrogens with one attached hydrogen (secondary N) is 1. The van der Waals surface area contributed by atoms with Gasteiger partial charge < -0.3 is 16.2 Å². The number of hydrogen-bond donors (Lipinski definition) is 3. The van der Waals surface area contributed by atoms with Crippen LogP contribution in [-0.2, 0) is 4.79 Å². The Kier molecular flexibility index (Phi) is 8.37.